The summed E-state index contributed by atoms with van der Waals surface area (Å²) < 4.78 is 13.7. The third-order valence-corrected chi connectivity index (χ3v) is 16.2. The molecule has 1 aromatic carbocycles. The third-order valence-electron chi connectivity index (χ3n) is 16.2. The molecule has 5 atom stereocenters. The third kappa shape index (κ3) is 23.2. The molecule has 1 heterocycles. The topological polar surface area (TPSA) is 285 Å². The number of amides is 10. The van der Waals surface area contributed by atoms with Crippen LogP contribution in [0.25, 0.3) is 0 Å². The molecule has 0 spiro atoms. The van der Waals surface area contributed by atoms with Crippen LogP contribution >= 0.6 is 0 Å². The second-order valence-corrected chi connectivity index (χ2v) is 27.6. The van der Waals surface area contributed by atoms with Crippen molar-refractivity contribution in [3.05, 3.63) is 35.6 Å². The van der Waals surface area contributed by atoms with Crippen LogP contribution in [0.2, 0.25) is 0 Å². The second-order valence-electron chi connectivity index (χ2n) is 27.6. The monoisotopic (exact) mass is 1190 g/mol. The Morgan fingerprint density at radius 1 is 0.624 bits per heavy atom. The van der Waals surface area contributed by atoms with Gasteiger partial charge in [-0.05, 0) is 168 Å². The Labute approximate surface area is 504 Å². The standard InChI is InChI=1S/C63H104FN11O10/c1-39(2)34-46(54(80)67-48(36-41(5)6)56(82)72-62(11,12)59(85)73-60(7,8)37-51(77)65-32-29-50(76)70-63(30-19-31-63)38-74(13)14)68-58(84)61(9,10)71-55(81)47(35-40(3)4)66-52(78)45(28-23-42-20-16-15-17-21-42)53(79)69-49-22-18-33-75(49)57(83)43-24-26-44(64)27-25-43/h24-27,39-42,45-49H,15-23,28-38H2,1-14H3,(H,65,77)(H,66,78)(H,67,80)(H,68,84)(H,69,79)(H,70,76)(H,71,81)(H,72,82)(H,73,85)/t45-,46-,47-,48-,49-/m0/s1. The average molecular weight is 1190 g/mol. The highest BCUT2D eigenvalue weighted by molar-refractivity contribution is 6.03. The minimum absolute atomic E-state index is 0.103. The Balaban J connectivity index is 1.40. The Morgan fingerprint density at radius 2 is 1.15 bits per heavy atom. The van der Waals surface area contributed by atoms with Crippen LogP contribution in [-0.2, 0) is 43.2 Å². The summed E-state index contributed by atoms with van der Waals surface area (Å²) in [5, 5.41) is 25.7. The summed E-state index contributed by atoms with van der Waals surface area (Å²) in [5.41, 5.74) is -4.23. The minimum atomic E-state index is -1.66. The van der Waals surface area contributed by atoms with Gasteiger partial charge in [-0.25, -0.2) is 4.39 Å². The number of hydrogen-bond acceptors (Lipinski definition) is 11. The van der Waals surface area contributed by atoms with Crippen LogP contribution in [0.3, 0.4) is 0 Å². The largest absolute Gasteiger partial charge is 0.356 e. The molecule has 1 aromatic rings. The van der Waals surface area contributed by atoms with Crippen LogP contribution in [0, 0.1) is 35.4 Å². The van der Waals surface area contributed by atoms with Crippen molar-refractivity contribution in [2.45, 2.75) is 239 Å². The van der Waals surface area contributed by atoms with Gasteiger partial charge in [0.2, 0.25) is 53.2 Å². The molecule has 0 radical (unpaired) electrons. The zero-order valence-electron chi connectivity index (χ0n) is 53.5. The summed E-state index contributed by atoms with van der Waals surface area (Å²) in [6, 6.07) is 1.68. The van der Waals surface area contributed by atoms with E-state index in [0.717, 1.165) is 57.9 Å². The fourth-order valence-corrected chi connectivity index (χ4v) is 11.5. The summed E-state index contributed by atoms with van der Waals surface area (Å²) in [5.74, 6) is -7.20. The van der Waals surface area contributed by atoms with Crippen molar-refractivity contribution in [2.24, 2.45) is 29.6 Å². The predicted molar refractivity (Wildman–Crippen MR) is 324 cm³/mol. The molecular weight excluding hydrogens is 1090 g/mol. The molecule has 4 rings (SSSR count). The maximum atomic E-state index is 14.5. The average Bonchev–Trinajstić information content (AvgIpc) is 3.91. The second kappa shape index (κ2) is 32.0. The van der Waals surface area contributed by atoms with Gasteiger partial charge in [-0.1, -0.05) is 73.6 Å². The molecule has 478 valence electrons. The molecular formula is C63H104FN11O10. The van der Waals surface area contributed by atoms with E-state index in [9.17, 15) is 52.3 Å². The first-order valence-electron chi connectivity index (χ1n) is 31.1. The number of benzene rings is 1. The van der Waals surface area contributed by atoms with Crippen molar-refractivity contribution < 1.29 is 52.3 Å². The number of nitrogens with one attached hydrogen (secondary N) is 9. The maximum absolute atomic E-state index is 14.5. The van der Waals surface area contributed by atoms with E-state index >= 15 is 0 Å². The normalized spacial score (nSPS) is 17.9. The summed E-state index contributed by atoms with van der Waals surface area (Å²) >= 11 is 0. The lowest BCUT2D eigenvalue weighted by molar-refractivity contribution is -0.140. The number of nitrogens with zero attached hydrogens (tertiary/aromatic N) is 2. The Morgan fingerprint density at radius 3 is 1.67 bits per heavy atom. The molecule has 1 saturated heterocycles. The lowest BCUT2D eigenvalue weighted by atomic mass is 9.76. The van der Waals surface area contributed by atoms with Gasteiger partial charge >= 0.3 is 0 Å². The van der Waals surface area contributed by atoms with Gasteiger partial charge in [-0.2, -0.15) is 0 Å². The molecule has 0 unspecified atom stereocenters. The summed E-state index contributed by atoms with van der Waals surface area (Å²) in [4.78, 5) is 142. The van der Waals surface area contributed by atoms with E-state index in [-0.39, 0.29) is 91.6 Å². The lowest BCUT2D eigenvalue weighted by Gasteiger charge is -2.44. The highest BCUT2D eigenvalue weighted by Crippen LogP contribution is 2.33. The molecule has 85 heavy (non-hydrogen) atoms. The number of likely N-dealkylation sites (N-methyl/N-ethyl adjacent to an activating group) is 1. The molecule has 2 aliphatic carbocycles. The van der Waals surface area contributed by atoms with Gasteiger partial charge in [-0.3, -0.25) is 47.9 Å². The van der Waals surface area contributed by atoms with Crippen LogP contribution < -0.4 is 47.9 Å². The van der Waals surface area contributed by atoms with Gasteiger partial charge in [0.05, 0.1) is 5.54 Å². The number of halogens is 1. The summed E-state index contributed by atoms with van der Waals surface area (Å²) in [6.07, 6.45) is 9.68. The van der Waals surface area contributed by atoms with Gasteiger partial charge < -0.3 is 57.7 Å². The molecule has 3 aliphatic rings. The van der Waals surface area contributed by atoms with Crippen molar-refractivity contribution in [1.29, 1.82) is 0 Å². The van der Waals surface area contributed by atoms with Crippen molar-refractivity contribution in [1.82, 2.24) is 57.7 Å². The minimum Gasteiger partial charge on any atom is -0.356 e. The van der Waals surface area contributed by atoms with E-state index in [1.54, 1.807) is 13.8 Å². The fourth-order valence-electron chi connectivity index (χ4n) is 11.5. The SMILES string of the molecule is CC(C)C[C@H](NC(=O)[C@H](CCC1CCCCC1)C(=O)N[C@@H]1CCCN1C(=O)c1ccc(F)cc1)C(=O)NC(C)(C)C(=O)N[C@@H](CC(C)C)C(=O)N[C@@H](CC(C)C)C(=O)NC(C)(C)C(=O)NC(C)(C)CC(=O)NCCC(=O)NC1(CN(C)C)CCC1. The molecule has 0 bridgehead atoms. The van der Waals surface area contributed by atoms with E-state index in [4.69, 9.17) is 0 Å². The number of rotatable bonds is 32. The Kier molecular flexibility index (Phi) is 26.8. The van der Waals surface area contributed by atoms with E-state index in [2.05, 4.69) is 47.9 Å². The van der Waals surface area contributed by atoms with Gasteiger partial charge in [-0.15, -0.1) is 0 Å². The van der Waals surface area contributed by atoms with Crippen LogP contribution in [0.1, 0.15) is 203 Å². The van der Waals surface area contributed by atoms with Crippen LogP contribution in [0.15, 0.2) is 24.3 Å². The lowest BCUT2D eigenvalue weighted by Crippen LogP contribution is -2.64. The number of carbonyl (C=O) groups excluding carboxylic acids is 10. The fraction of sp³-hybridized carbons (Fsp3) is 0.746. The number of hydrogen-bond donors (Lipinski definition) is 9. The van der Waals surface area contributed by atoms with E-state index < -0.39 is 94.0 Å². The quantitative estimate of drug-likeness (QED) is 0.0420. The highest BCUT2D eigenvalue weighted by atomic mass is 19.1. The van der Waals surface area contributed by atoms with Gasteiger partial charge in [0, 0.05) is 43.6 Å². The van der Waals surface area contributed by atoms with Crippen molar-refractivity contribution in [3.63, 3.8) is 0 Å². The van der Waals surface area contributed by atoms with Crippen LogP contribution in [-0.4, -0.2) is 149 Å². The first-order valence-corrected chi connectivity index (χ1v) is 31.1. The Hall–Kier alpha value is -6.19. The molecule has 9 N–H and O–H groups in total. The van der Waals surface area contributed by atoms with Crippen LogP contribution in [0.5, 0.6) is 0 Å². The zero-order chi connectivity index (χ0) is 63.6. The molecule has 21 nitrogen and oxygen atoms in total. The zero-order valence-corrected chi connectivity index (χ0v) is 53.5. The van der Waals surface area contributed by atoms with Crippen molar-refractivity contribution in [3.8, 4) is 0 Å². The van der Waals surface area contributed by atoms with Crippen molar-refractivity contribution in [2.75, 3.05) is 33.7 Å². The molecule has 22 heteroatoms. The summed E-state index contributed by atoms with van der Waals surface area (Å²) in [6.45, 7) is 21.7. The molecule has 10 amide bonds. The van der Waals surface area contributed by atoms with Crippen LogP contribution in [0.4, 0.5) is 4.39 Å². The first-order chi connectivity index (χ1) is 39.6. The maximum Gasteiger partial charge on any atom is 0.255 e. The molecule has 2 saturated carbocycles. The highest BCUT2D eigenvalue weighted by Gasteiger charge is 2.42. The molecule has 0 aromatic heterocycles. The van der Waals surface area contributed by atoms with E-state index in [1.807, 2.05) is 60.5 Å². The van der Waals surface area contributed by atoms with E-state index in [0.29, 0.717) is 31.7 Å². The first kappa shape index (κ1) is 71.3. The molecule has 1 aliphatic heterocycles. The molecule has 3 fully saturated rings. The van der Waals surface area contributed by atoms with Crippen molar-refractivity contribution >= 4 is 59.1 Å². The summed E-state index contributed by atoms with van der Waals surface area (Å²) in [7, 11) is 3.93. The Bertz CT molecular complexity index is 2470. The van der Waals surface area contributed by atoms with Gasteiger partial charge in [0.15, 0.2) is 0 Å². The van der Waals surface area contributed by atoms with Gasteiger partial charge in [0.1, 0.15) is 47.1 Å². The van der Waals surface area contributed by atoms with E-state index in [1.165, 1.54) is 56.9 Å². The number of carbonyl (C=O) groups is 10. The number of likely N-dealkylation sites (tertiary alicyclic amines) is 1. The predicted octanol–water partition coefficient (Wildman–Crippen LogP) is 5.25. The van der Waals surface area contributed by atoms with Gasteiger partial charge in [0.25, 0.3) is 5.91 Å². The smallest absolute Gasteiger partial charge is 0.255 e.